The highest BCUT2D eigenvalue weighted by Crippen LogP contribution is 2.26. The SMILES string of the molecule is CCNC(=NCC(O)c1ccc(Cl)s1)NCCN1CCN(CC)CC1. The number of aliphatic hydroxyl groups excluding tert-OH is 1. The van der Waals surface area contributed by atoms with Gasteiger partial charge >= 0.3 is 0 Å². The molecule has 1 aromatic rings. The summed E-state index contributed by atoms with van der Waals surface area (Å²) < 4.78 is 0.686. The van der Waals surface area contributed by atoms with Crippen molar-refractivity contribution < 1.29 is 5.11 Å². The summed E-state index contributed by atoms with van der Waals surface area (Å²) >= 11 is 7.31. The number of aliphatic hydroxyl groups is 1. The predicted molar refractivity (Wildman–Crippen MR) is 107 cm³/mol. The lowest BCUT2D eigenvalue weighted by Gasteiger charge is -2.34. The molecule has 0 amide bonds. The fourth-order valence-corrected chi connectivity index (χ4v) is 3.82. The van der Waals surface area contributed by atoms with E-state index in [9.17, 15) is 5.11 Å². The van der Waals surface area contributed by atoms with E-state index in [1.54, 1.807) is 6.07 Å². The summed E-state index contributed by atoms with van der Waals surface area (Å²) in [7, 11) is 0. The molecule has 0 bridgehead atoms. The largest absolute Gasteiger partial charge is 0.386 e. The average molecular weight is 388 g/mol. The normalized spacial score (nSPS) is 18.3. The molecule has 1 fully saturated rings. The van der Waals surface area contributed by atoms with Crippen LogP contribution in [0.25, 0.3) is 0 Å². The molecule has 2 heterocycles. The monoisotopic (exact) mass is 387 g/mol. The van der Waals surface area contributed by atoms with Gasteiger partial charge in [0.1, 0.15) is 6.10 Å². The number of guanidine groups is 1. The first kappa shape index (κ1) is 20.5. The summed E-state index contributed by atoms with van der Waals surface area (Å²) in [5.74, 6) is 0.747. The summed E-state index contributed by atoms with van der Waals surface area (Å²) in [6, 6.07) is 3.65. The number of likely N-dealkylation sites (N-methyl/N-ethyl adjacent to an activating group) is 1. The van der Waals surface area contributed by atoms with Gasteiger partial charge in [-0.3, -0.25) is 9.89 Å². The van der Waals surface area contributed by atoms with Crippen LogP contribution in [0.2, 0.25) is 4.34 Å². The molecule has 0 aliphatic carbocycles. The van der Waals surface area contributed by atoms with Gasteiger partial charge in [0.2, 0.25) is 0 Å². The van der Waals surface area contributed by atoms with Gasteiger partial charge in [0.05, 0.1) is 10.9 Å². The number of nitrogens with one attached hydrogen (secondary N) is 2. The molecule has 25 heavy (non-hydrogen) atoms. The molecule has 0 spiro atoms. The minimum atomic E-state index is -0.616. The summed E-state index contributed by atoms with van der Waals surface area (Å²) in [5.41, 5.74) is 0. The molecule has 0 aromatic carbocycles. The number of rotatable bonds is 8. The van der Waals surface area contributed by atoms with Crippen LogP contribution in [0.4, 0.5) is 0 Å². The summed E-state index contributed by atoms with van der Waals surface area (Å²) in [4.78, 5) is 10.3. The van der Waals surface area contributed by atoms with Crippen molar-refractivity contribution in [3.05, 3.63) is 21.3 Å². The van der Waals surface area contributed by atoms with E-state index >= 15 is 0 Å². The van der Waals surface area contributed by atoms with Crippen molar-refractivity contribution >= 4 is 28.9 Å². The molecular formula is C17H30ClN5OS. The second-order valence-corrected chi connectivity index (χ2v) is 7.83. The van der Waals surface area contributed by atoms with Gasteiger partial charge in [-0.1, -0.05) is 18.5 Å². The molecule has 3 N–H and O–H groups in total. The van der Waals surface area contributed by atoms with Gasteiger partial charge in [0, 0.05) is 50.7 Å². The van der Waals surface area contributed by atoms with E-state index in [2.05, 4.69) is 32.3 Å². The van der Waals surface area contributed by atoms with E-state index in [0.717, 1.165) is 63.2 Å². The number of hydrogen-bond acceptors (Lipinski definition) is 5. The molecule has 0 saturated carbocycles. The van der Waals surface area contributed by atoms with Crippen LogP contribution < -0.4 is 10.6 Å². The van der Waals surface area contributed by atoms with E-state index in [4.69, 9.17) is 11.6 Å². The Morgan fingerprint density at radius 3 is 2.56 bits per heavy atom. The van der Waals surface area contributed by atoms with Crippen molar-refractivity contribution in [3.8, 4) is 0 Å². The van der Waals surface area contributed by atoms with Crippen LogP contribution in [0.3, 0.4) is 0 Å². The molecule has 1 aromatic heterocycles. The lowest BCUT2D eigenvalue weighted by molar-refractivity contribution is 0.139. The lowest BCUT2D eigenvalue weighted by Crippen LogP contribution is -2.49. The van der Waals surface area contributed by atoms with Gasteiger partial charge in [0.15, 0.2) is 5.96 Å². The molecule has 1 saturated heterocycles. The van der Waals surface area contributed by atoms with Crippen LogP contribution in [-0.4, -0.2) is 79.8 Å². The highest BCUT2D eigenvalue weighted by atomic mass is 35.5. The van der Waals surface area contributed by atoms with Gasteiger partial charge in [0.25, 0.3) is 0 Å². The molecule has 142 valence electrons. The molecule has 8 heteroatoms. The molecule has 1 atom stereocenters. The topological polar surface area (TPSA) is 63.1 Å². The quantitative estimate of drug-likeness (QED) is 0.467. The van der Waals surface area contributed by atoms with Gasteiger partial charge < -0.3 is 20.6 Å². The molecule has 1 unspecified atom stereocenters. The zero-order valence-electron chi connectivity index (χ0n) is 15.2. The third-order valence-corrected chi connectivity index (χ3v) is 5.65. The summed E-state index contributed by atoms with van der Waals surface area (Å²) in [6.45, 7) is 12.9. The number of nitrogens with zero attached hydrogens (tertiary/aromatic N) is 3. The molecule has 0 radical (unpaired) electrons. The van der Waals surface area contributed by atoms with Crippen LogP contribution in [0.15, 0.2) is 17.1 Å². The highest BCUT2D eigenvalue weighted by molar-refractivity contribution is 7.16. The predicted octanol–water partition coefficient (Wildman–Crippen LogP) is 1.63. The van der Waals surface area contributed by atoms with Crippen molar-refractivity contribution in [3.63, 3.8) is 0 Å². The highest BCUT2D eigenvalue weighted by Gasteiger charge is 2.15. The Morgan fingerprint density at radius 2 is 1.96 bits per heavy atom. The van der Waals surface area contributed by atoms with Crippen LogP contribution in [0, 0.1) is 0 Å². The number of piperazine rings is 1. The van der Waals surface area contributed by atoms with Gasteiger partial charge in [-0.25, -0.2) is 0 Å². The zero-order valence-corrected chi connectivity index (χ0v) is 16.7. The van der Waals surface area contributed by atoms with Crippen LogP contribution in [0.5, 0.6) is 0 Å². The van der Waals surface area contributed by atoms with E-state index in [0.29, 0.717) is 10.9 Å². The van der Waals surface area contributed by atoms with Crippen molar-refractivity contribution in [1.29, 1.82) is 0 Å². The first-order valence-electron chi connectivity index (χ1n) is 9.02. The Kier molecular flexibility index (Phi) is 8.98. The van der Waals surface area contributed by atoms with Gasteiger partial charge in [-0.15, -0.1) is 11.3 Å². The van der Waals surface area contributed by atoms with E-state index in [1.807, 2.05) is 13.0 Å². The zero-order chi connectivity index (χ0) is 18.1. The third kappa shape index (κ3) is 7.11. The van der Waals surface area contributed by atoms with Crippen molar-refractivity contribution in [2.24, 2.45) is 4.99 Å². The summed E-state index contributed by atoms with van der Waals surface area (Å²) in [5, 5.41) is 16.8. The van der Waals surface area contributed by atoms with Crippen molar-refractivity contribution in [1.82, 2.24) is 20.4 Å². The first-order chi connectivity index (χ1) is 12.1. The maximum absolute atomic E-state index is 10.2. The van der Waals surface area contributed by atoms with Crippen LogP contribution in [0.1, 0.15) is 24.8 Å². The molecule has 1 aliphatic heterocycles. The maximum atomic E-state index is 10.2. The van der Waals surface area contributed by atoms with Crippen LogP contribution >= 0.6 is 22.9 Å². The minimum Gasteiger partial charge on any atom is -0.386 e. The Bertz CT molecular complexity index is 531. The Morgan fingerprint density at radius 1 is 1.24 bits per heavy atom. The smallest absolute Gasteiger partial charge is 0.191 e. The van der Waals surface area contributed by atoms with Gasteiger partial charge in [-0.05, 0) is 25.6 Å². The number of aliphatic imine (C=N–C) groups is 1. The Balaban J connectivity index is 1.74. The summed E-state index contributed by atoms with van der Waals surface area (Å²) in [6.07, 6.45) is -0.616. The standard InChI is InChI=1S/C17H30ClN5OS/c1-3-19-17(21-13-14(24)15-5-6-16(18)25-15)20-7-8-23-11-9-22(4-2)10-12-23/h5-6,14,24H,3-4,7-13H2,1-2H3,(H2,19,20,21). The molecule has 1 aliphatic rings. The fourth-order valence-electron chi connectivity index (χ4n) is 2.78. The molecular weight excluding hydrogens is 358 g/mol. The molecule has 2 rings (SSSR count). The third-order valence-electron chi connectivity index (χ3n) is 4.32. The maximum Gasteiger partial charge on any atom is 0.191 e. The number of hydrogen-bond donors (Lipinski definition) is 3. The van der Waals surface area contributed by atoms with E-state index < -0.39 is 6.10 Å². The van der Waals surface area contributed by atoms with E-state index in [-0.39, 0.29) is 0 Å². The minimum absolute atomic E-state index is 0.321. The van der Waals surface area contributed by atoms with Crippen molar-refractivity contribution in [2.45, 2.75) is 20.0 Å². The van der Waals surface area contributed by atoms with E-state index in [1.165, 1.54) is 11.3 Å². The molecule has 6 nitrogen and oxygen atoms in total. The van der Waals surface area contributed by atoms with Crippen LogP contribution in [-0.2, 0) is 0 Å². The number of thiophene rings is 1. The lowest BCUT2D eigenvalue weighted by atomic mass is 10.3. The Labute approximate surface area is 159 Å². The second-order valence-electron chi connectivity index (χ2n) is 6.08. The first-order valence-corrected chi connectivity index (χ1v) is 10.2. The van der Waals surface area contributed by atoms with Gasteiger partial charge in [-0.2, -0.15) is 0 Å². The average Bonchev–Trinajstić information content (AvgIpc) is 3.06. The second kappa shape index (κ2) is 11.0. The number of halogens is 1. The Hall–Kier alpha value is -0.860. The van der Waals surface area contributed by atoms with Crippen molar-refractivity contribution in [2.75, 3.05) is 58.9 Å². The fraction of sp³-hybridized carbons (Fsp3) is 0.706.